The topological polar surface area (TPSA) is 96.0 Å². The minimum atomic E-state index is -4.25. The van der Waals surface area contributed by atoms with E-state index in [1.807, 2.05) is 20.8 Å². The number of rotatable bonds is 12. The first kappa shape index (κ1) is 31.9. The summed E-state index contributed by atoms with van der Waals surface area (Å²) in [5, 5.41) is 3.03. The van der Waals surface area contributed by atoms with Crippen molar-refractivity contribution in [3.05, 3.63) is 88.7 Å². The zero-order valence-electron chi connectivity index (χ0n) is 23.7. The Hall–Kier alpha value is -3.63. The molecule has 3 aromatic rings. The zero-order valence-corrected chi connectivity index (χ0v) is 25.3. The van der Waals surface area contributed by atoms with Crippen molar-refractivity contribution >= 4 is 39.1 Å². The third kappa shape index (κ3) is 7.98. The van der Waals surface area contributed by atoms with Crippen molar-refractivity contribution in [2.24, 2.45) is 0 Å². The molecular weight excluding hydrogens is 569 g/mol. The number of ether oxygens (including phenoxy) is 1. The Balaban J connectivity index is 2.06. The van der Waals surface area contributed by atoms with Crippen molar-refractivity contribution in [3.8, 4) is 5.75 Å². The second-order valence-electron chi connectivity index (χ2n) is 9.79. The third-order valence-corrected chi connectivity index (χ3v) is 8.83. The van der Waals surface area contributed by atoms with Crippen molar-refractivity contribution in [2.75, 3.05) is 18.0 Å². The maximum atomic E-state index is 13.9. The van der Waals surface area contributed by atoms with Crippen LogP contribution < -0.4 is 14.4 Å². The van der Waals surface area contributed by atoms with Crippen LogP contribution in [0.25, 0.3) is 0 Å². The van der Waals surface area contributed by atoms with Gasteiger partial charge in [-0.3, -0.25) is 13.9 Å². The summed E-state index contributed by atoms with van der Waals surface area (Å²) in [7, 11) is -2.81. The molecule has 3 rings (SSSR count). The maximum absolute atomic E-state index is 13.9. The summed E-state index contributed by atoms with van der Waals surface area (Å²) in [6.45, 7) is 6.50. The minimum Gasteiger partial charge on any atom is -0.495 e. The van der Waals surface area contributed by atoms with E-state index in [1.54, 1.807) is 19.1 Å². The second kappa shape index (κ2) is 13.8. The first-order chi connectivity index (χ1) is 19.4. The molecule has 0 fully saturated rings. The SMILES string of the molecule is CC[C@@H](C)NC(=O)[C@@H](C)N(Cc1ccc(F)cc1)C(=O)CN(c1ccc(OC)c(Cl)c1)S(=O)(=O)c1ccc(C)cc1. The maximum Gasteiger partial charge on any atom is 0.264 e. The quantitative estimate of drug-likeness (QED) is 0.302. The number of anilines is 1. The van der Waals surface area contributed by atoms with Crippen molar-refractivity contribution in [3.63, 3.8) is 0 Å². The van der Waals surface area contributed by atoms with E-state index in [2.05, 4.69) is 5.32 Å². The average Bonchev–Trinajstić information content (AvgIpc) is 2.95. The van der Waals surface area contributed by atoms with Crippen molar-refractivity contribution in [2.45, 2.75) is 57.6 Å². The molecule has 0 bridgehead atoms. The molecule has 8 nitrogen and oxygen atoms in total. The molecule has 0 aromatic heterocycles. The summed E-state index contributed by atoms with van der Waals surface area (Å²) in [4.78, 5) is 28.3. The van der Waals surface area contributed by atoms with Gasteiger partial charge in [0.05, 0.1) is 22.7 Å². The highest BCUT2D eigenvalue weighted by atomic mass is 35.5. The molecule has 0 saturated carbocycles. The molecule has 220 valence electrons. The van der Waals surface area contributed by atoms with Crippen LogP contribution in [0, 0.1) is 12.7 Å². The predicted octanol–water partition coefficient (Wildman–Crippen LogP) is 5.32. The number of nitrogens with zero attached hydrogens (tertiary/aromatic N) is 2. The lowest BCUT2D eigenvalue weighted by atomic mass is 10.1. The van der Waals surface area contributed by atoms with Gasteiger partial charge in [0.2, 0.25) is 11.8 Å². The van der Waals surface area contributed by atoms with Gasteiger partial charge in [-0.05, 0) is 75.2 Å². The van der Waals surface area contributed by atoms with Gasteiger partial charge in [-0.25, -0.2) is 12.8 Å². The molecule has 0 aliphatic rings. The Bertz CT molecular complexity index is 1470. The van der Waals surface area contributed by atoms with Gasteiger partial charge in [0.15, 0.2) is 0 Å². The Morgan fingerprint density at radius 3 is 2.22 bits per heavy atom. The predicted molar refractivity (Wildman–Crippen MR) is 158 cm³/mol. The molecular formula is C30H35ClFN3O5S. The van der Waals surface area contributed by atoms with E-state index in [1.165, 1.54) is 66.6 Å². The van der Waals surface area contributed by atoms with Crippen LogP contribution in [0.2, 0.25) is 5.02 Å². The van der Waals surface area contributed by atoms with Crippen LogP contribution in [0.5, 0.6) is 5.75 Å². The lowest BCUT2D eigenvalue weighted by Gasteiger charge is -2.32. The Labute approximate surface area is 246 Å². The lowest BCUT2D eigenvalue weighted by Crippen LogP contribution is -2.52. The third-order valence-electron chi connectivity index (χ3n) is 6.75. The number of sulfonamides is 1. The fraction of sp³-hybridized carbons (Fsp3) is 0.333. The zero-order chi connectivity index (χ0) is 30.3. The fourth-order valence-corrected chi connectivity index (χ4v) is 5.67. The summed E-state index contributed by atoms with van der Waals surface area (Å²) in [6.07, 6.45) is 0.686. The molecule has 0 spiro atoms. The molecule has 0 aliphatic carbocycles. The molecule has 0 radical (unpaired) electrons. The van der Waals surface area contributed by atoms with E-state index >= 15 is 0 Å². The van der Waals surface area contributed by atoms with Crippen LogP contribution in [-0.4, -0.2) is 50.9 Å². The average molecular weight is 604 g/mol. The number of benzene rings is 3. The van der Waals surface area contributed by atoms with E-state index in [0.717, 1.165) is 9.87 Å². The van der Waals surface area contributed by atoms with Gasteiger partial charge < -0.3 is 15.0 Å². The summed E-state index contributed by atoms with van der Waals surface area (Å²) >= 11 is 6.34. The van der Waals surface area contributed by atoms with Gasteiger partial charge in [-0.15, -0.1) is 0 Å². The van der Waals surface area contributed by atoms with E-state index in [9.17, 15) is 22.4 Å². The second-order valence-corrected chi connectivity index (χ2v) is 12.1. The largest absolute Gasteiger partial charge is 0.495 e. The number of carbonyl (C=O) groups is 2. The number of hydrogen-bond acceptors (Lipinski definition) is 5. The van der Waals surface area contributed by atoms with Crippen LogP contribution in [0.15, 0.2) is 71.6 Å². The Kier molecular flexibility index (Phi) is 10.8. The Morgan fingerprint density at radius 2 is 1.66 bits per heavy atom. The molecule has 11 heteroatoms. The summed E-state index contributed by atoms with van der Waals surface area (Å²) < 4.78 is 47.6. The summed E-state index contributed by atoms with van der Waals surface area (Å²) in [5.74, 6) is -1.14. The van der Waals surface area contributed by atoms with Gasteiger partial charge in [0, 0.05) is 12.6 Å². The van der Waals surface area contributed by atoms with Crippen LogP contribution in [0.3, 0.4) is 0 Å². The van der Waals surface area contributed by atoms with Crippen molar-refractivity contribution < 1.29 is 27.1 Å². The molecule has 0 heterocycles. The lowest BCUT2D eigenvalue weighted by molar-refractivity contribution is -0.139. The fourth-order valence-electron chi connectivity index (χ4n) is 4.01. The van der Waals surface area contributed by atoms with Gasteiger partial charge in [0.25, 0.3) is 10.0 Å². The van der Waals surface area contributed by atoms with E-state index < -0.39 is 40.2 Å². The van der Waals surface area contributed by atoms with Crippen LogP contribution in [0.4, 0.5) is 10.1 Å². The standard InChI is InChI=1S/C30H35ClFN3O5S/c1-6-21(3)33-30(37)22(4)34(18-23-9-11-24(32)12-10-23)29(36)19-35(25-13-16-28(40-5)27(31)17-25)41(38,39)26-14-7-20(2)8-15-26/h7-17,21-22H,6,18-19H2,1-5H3,(H,33,37)/t21-,22-/m1/s1. The normalized spacial score (nSPS) is 12.8. The number of hydrogen-bond donors (Lipinski definition) is 1. The molecule has 0 aliphatic heterocycles. The number of aryl methyl sites for hydroxylation is 1. The number of nitrogens with one attached hydrogen (secondary N) is 1. The highest BCUT2D eigenvalue weighted by Gasteiger charge is 2.33. The summed E-state index contributed by atoms with van der Waals surface area (Å²) in [5.41, 5.74) is 1.58. The smallest absolute Gasteiger partial charge is 0.264 e. The molecule has 2 amide bonds. The molecule has 2 atom stereocenters. The molecule has 0 saturated heterocycles. The van der Waals surface area contributed by atoms with Crippen molar-refractivity contribution in [1.29, 1.82) is 0 Å². The van der Waals surface area contributed by atoms with E-state index in [0.29, 0.717) is 17.7 Å². The number of carbonyl (C=O) groups excluding carboxylic acids is 2. The Morgan fingerprint density at radius 1 is 1.02 bits per heavy atom. The first-order valence-electron chi connectivity index (χ1n) is 13.1. The minimum absolute atomic E-state index is 0.0181. The highest BCUT2D eigenvalue weighted by Crippen LogP contribution is 2.32. The van der Waals surface area contributed by atoms with Crippen LogP contribution in [-0.2, 0) is 26.2 Å². The number of methoxy groups -OCH3 is 1. The highest BCUT2D eigenvalue weighted by molar-refractivity contribution is 7.92. The monoisotopic (exact) mass is 603 g/mol. The van der Waals surface area contributed by atoms with Gasteiger partial charge >= 0.3 is 0 Å². The van der Waals surface area contributed by atoms with E-state index in [-0.39, 0.29) is 28.2 Å². The summed E-state index contributed by atoms with van der Waals surface area (Å²) in [6, 6.07) is 15.1. The van der Waals surface area contributed by atoms with E-state index in [4.69, 9.17) is 16.3 Å². The van der Waals surface area contributed by atoms with Gasteiger partial charge in [0.1, 0.15) is 24.2 Å². The first-order valence-corrected chi connectivity index (χ1v) is 15.0. The van der Waals surface area contributed by atoms with Gasteiger partial charge in [-0.1, -0.05) is 48.4 Å². The molecule has 41 heavy (non-hydrogen) atoms. The molecule has 0 unspecified atom stereocenters. The number of amides is 2. The van der Waals surface area contributed by atoms with Crippen molar-refractivity contribution in [1.82, 2.24) is 10.2 Å². The number of halogens is 2. The van der Waals surface area contributed by atoms with Crippen LogP contribution >= 0.6 is 11.6 Å². The van der Waals surface area contributed by atoms with Gasteiger partial charge in [-0.2, -0.15) is 0 Å². The molecule has 1 N–H and O–H groups in total. The molecule has 3 aromatic carbocycles. The van der Waals surface area contributed by atoms with Crippen LogP contribution in [0.1, 0.15) is 38.3 Å².